The molecule has 23 heavy (non-hydrogen) atoms. The zero-order chi connectivity index (χ0) is 16.3. The Labute approximate surface area is 138 Å². The monoisotopic (exact) mass is 315 g/mol. The minimum absolute atomic E-state index is 0.579. The molecule has 0 spiro atoms. The minimum atomic E-state index is 0.579. The average Bonchev–Trinajstić information content (AvgIpc) is 2.59. The molecule has 0 amide bonds. The Balaban J connectivity index is 1.80. The summed E-state index contributed by atoms with van der Waals surface area (Å²) in [4.78, 5) is 0. The van der Waals surface area contributed by atoms with Crippen molar-refractivity contribution in [3.8, 4) is 11.5 Å². The Hall–Kier alpha value is -2.20. The average molecular weight is 315 g/mol. The van der Waals surface area contributed by atoms with Gasteiger partial charge in [0.15, 0.2) is 0 Å². The van der Waals surface area contributed by atoms with Gasteiger partial charge in [0.05, 0.1) is 13.2 Å². The van der Waals surface area contributed by atoms with Crippen LogP contribution in [0.15, 0.2) is 48.5 Å². The van der Waals surface area contributed by atoms with E-state index in [4.69, 9.17) is 14.2 Å². The molecule has 0 aromatic heterocycles. The second kappa shape index (κ2) is 9.74. The lowest BCUT2D eigenvalue weighted by atomic mass is 10.2. The van der Waals surface area contributed by atoms with Gasteiger partial charge in [0.2, 0.25) is 0 Å². The lowest BCUT2D eigenvalue weighted by Crippen LogP contribution is -2.06. The smallest absolute Gasteiger partial charge is 0.121 e. The largest absolute Gasteiger partial charge is 0.494 e. The van der Waals surface area contributed by atoms with Crippen molar-refractivity contribution >= 4 is 5.69 Å². The van der Waals surface area contributed by atoms with Crippen molar-refractivity contribution in [1.29, 1.82) is 0 Å². The van der Waals surface area contributed by atoms with Gasteiger partial charge in [-0.2, -0.15) is 0 Å². The van der Waals surface area contributed by atoms with Crippen molar-refractivity contribution in [1.82, 2.24) is 0 Å². The highest BCUT2D eigenvalue weighted by molar-refractivity contribution is 5.48. The van der Waals surface area contributed by atoms with E-state index in [2.05, 4.69) is 17.4 Å². The molecular weight excluding hydrogens is 290 g/mol. The Morgan fingerprint density at radius 2 is 1.65 bits per heavy atom. The van der Waals surface area contributed by atoms with E-state index >= 15 is 0 Å². The zero-order valence-electron chi connectivity index (χ0n) is 13.9. The number of rotatable bonds is 10. The quantitative estimate of drug-likeness (QED) is 0.670. The van der Waals surface area contributed by atoms with Crippen molar-refractivity contribution in [2.24, 2.45) is 0 Å². The van der Waals surface area contributed by atoms with Crippen LogP contribution in [-0.4, -0.2) is 26.4 Å². The molecule has 0 saturated heterocycles. The van der Waals surface area contributed by atoms with Crippen LogP contribution in [0.5, 0.6) is 11.5 Å². The number of hydrogen-bond donors (Lipinski definition) is 1. The third-order valence-corrected chi connectivity index (χ3v) is 3.27. The van der Waals surface area contributed by atoms with Gasteiger partial charge in [-0.05, 0) is 43.7 Å². The maximum absolute atomic E-state index is 5.61. The fraction of sp³-hybridized carbons (Fsp3) is 0.368. The number of hydrogen-bond acceptors (Lipinski definition) is 4. The van der Waals surface area contributed by atoms with E-state index < -0.39 is 0 Å². The summed E-state index contributed by atoms with van der Waals surface area (Å²) in [6.45, 7) is 7.32. The van der Waals surface area contributed by atoms with E-state index in [9.17, 15) is 0 Å². The SMILES string of the molecule is CCOCCOc1ccc(CNc2cccc(OCC)c2)cc1. The predicted octanol–water partition coefficient (Wildman–Crippen LogP) is 4.11. The van der Waals surface area contributed by atoms with E-state index in [0.717, 1.165) is 30.3 Å². The molecule has 0 radical (unpaired) electrons. The van der Waals surface area contributed by atoms with Gasteiger partial charge in [-0.3, -0.25) is 0 Å². The molecule has 0 fully saturated rings. The first kappa shape index (κ1) is 17.2. The number of nitrogens with one attached hydrogen (secondary N) is 1. The Morgan fingerprint density at radius 1 is 0.826 bits per heavy atom. The van der Waals surface area contributed by atoms with Crippen LogP contribution in [0.4, 0.5) is 5.69 Å². The van der Waals surface area contributed by atoms with Crippen LogP contribution < -0.4 is 14.8 Å². The van der Waals surface area contributed by atoms with Crippen molar-refractivity contribution < 1.29 is 14.2 Å². The highest BCUT2D eigenvalue weighted by Gasteiger charge is 1.99. The Kier molecular flexibility index (Phi) is 7.27. The number of anilines is 1. The van der Waals surface area contributed by atoms with Gasteiger partial charge in [0.25, 0.3) is 0 Å². The standard InChI is InChI=1S/C19H25NO3/c1-3-21-12-13-23-18-10-8-16(9-11-18)15-20-17-6-5-7-19(14-17)22-4-2/h5-11,14,20H,3-4,12-13,15H2,1-2H3. The predicted molar refractivity (Wildman–Crippen MR) is 93.4 cm³/mol. The van der Waals surface area contributed by atoms with Crippen LogP contribution in [0.25, 0.3) is 0 Å². The fourth-order valence-corrected chi connectivity index (χ4v) is 2.13. The van der Waals surface area contributed by atoms with Crippen LogP contribution in [0.1, 0.15) is 19.4 Å². The fourth-order valence-electron chi connectivity index (χ4n) is 2.13. The molecule has 0 aliphatic rings. The summed E-state index contributed by atoms with van der Waals surface area (Å²) in [6, 6.07) is 16.1. The highest BCUT2D eigenvalue weighted by Crippen LogP contribution is 2.19. The van der Waals surface area contributed by atoms with Crippen molar-refractivity contribution in [3.05, 3.63) is 54.1 Å². The van der Waals surface area contributed by atoms with Crippen molar-refractivity contribution in [2.45, 2.75) is 20.4 Å². The van der Waals surface area contributed by atoms with Crippen LogP contribution in [0.2, 0.25) is 0 Å². The number of ether oxygens (including phenoxy) is 3. The summed E-state index contributed by atoms with van der Waals surface area (Å²) in [6.07, 6.45) is 0. The summed E-state index contributed by atoms with van der Waals surface area (Å²) in [7, 11) is 0. The molecule has 4 heteroatoms. The van der Waals surface area contributed by atoms with Gasteiger partial charge >= 0.3 is 0 Å². The molecule has 0 saturated carbocycles. The molecule has 0 heterocycles. The second-order valence-electron chi connectivity index (χ2n) is 5.00. The molecule has 0 aliphatic heterocycles. The summed E-state index contributed by atoms with van der Waals surface area (Å²) >= 11 is 0. The molecule has 0 unspecified atom stereocenters. The lowest BCUT2D eigenvalue weighted by Gasteiger charge is -2.10. The van der Waals surface area contributed by atoms with E-state index in [-0.39, 0.29) is 0 Å². The van der Waals surface area contributed by atoms with Gasteiger partial charge < -0.3 is 19.5 Å². The van der Waals surface area contributed by atoms with E-state index in [1.165, 1.54) is 5.56 Å². The first-order chi connectivity index (χ1) is 11.3. The number of benzene rings is 2. The zero-order valence-corrected chi connectivity index (χ0v) is 13.9. The molecule has 124 valence electrons. The molecule has 0 atom stereocenters. The van der Waals surface area contributed by atoms with Gasteiger partial charge in [-0.1, -0.05) is 18.2 Å². The molecule has 0 bridgehead atoms. The molecule has 1 N–H and O–H groups in total. The van der Waals surface area contributed by atoms with E-state index in [1.54, 1.807) is 0 Å². The third kappa shape index (κ3) is 6.20. The normalized spacial score (nSPS) is 10.3. The second-order valence-corrected chi connectivity index (χ2v) is 5.00. The van der Waals surface area contributed by atoms with E-state index in [1.807, 2.05) is 50.2 Å². The van der Waals surface area contributed by atoms with Crippen LogP contribution >= 0.6 is 0 Å². The summed E-state index contributed by atoms with van der Waals surface area (Å²) in [5.74, 6) is 1.75. The minimum Gasteiger partial charge on any atom is -0.494 e. The molecular formula is C19H25NO3. The van der Waals surface area contributed by atoms with Gasteiger partial charge in [0.1, 0.15) is 18.1 Å². The van der Waals surface area contributed by atoms with Crippen molar-refractivity contribution in [2.75, 3.05) is 31.7 Å². The molecule has 2 rings (SSSR count). The summed E-state index contributed by atoms with van der Waals surface area (Å²) in [5.41, 5.74) is 2.25. The van der Waals surface area contributed by atoms with Crippen LogP contribution in [-0.2, 0) is 11.3 Å². The first-order valence-electron chi connectivity index (χ1n) is 8.08. The summed E-state index contributed by atoms with van der Waals surface area (Å²) in [5, 5.41) is 3.40. The summed E-state index contributed by atoms with van der Waals surface area (Å²) < 4.78 is 16.4. The lowest BCUT2D eigenvalue weighted by molar-refractivity contribution is 0.110. The molecule has 4 nitrogen and oxygen atoms in total. The maximum atomic E-state index is 5.61. The van der Waals surface area contributed by atoms with Crippen LogP contribution in [0.3, 0.4) is 0 Å². The van der Waals surface area contributed by atoms with Crippen LogP contribution in [0, 0.1) is 0 Å². The Morgan fingerprint density at radius 3 is 2.39 bits per heavy atom. The van der Waals surface area contributed by atoms with Gasteiger partial charge in [-0.25, -0.2) is 0 Å². The van der Waals surface area contributed by atoms with E-state index in [0.29, 0.717) is 19.8 Å². The van der Waals surface area contributed by atoms with Gasteiger partial charge in [0, 0.05) is 24.9 Å². The maximum Gasteiger partial charge on any atom is 0.121 e. The molecule has 2 aromatic carbocycles. The topological polar surface area (TPSA) is 39.7 Å². The molecule has 2 aromatic rings. The Bertz CT molecular complexity index is 569. The van der Waals surface area contributed by atoms with Crippen molar-refractivity contribution in [3.63, 3.8) is 0 Å². The molecule has 0 aliphatic carbocycles. The third-order valence-electron chi connectivity index (χ3n) is 3.27. The first-order valence-corrected chi connectivity index (χ1v) is 8.08. The highest BCUT2D eigenvalue weighted by atomic mass is 16.5. The van der Waals surface area contributed by atoms with Gasteiger partial charge in [-0.15, -0.1) is 0 Å².